The van der Waals surface area contributed by atoms with E-state index in [1.165, 1.54) is 5.69 Å². The van der Waals surface area contributed by atoms with E-state index in [1.54, 1.807) is 6.20 Å². The van der Waals surface area contributed by atoms with Gasteiger partial charge in [-0.25, -0.2) is 4.98 Å². The number of piperazine rings is 1. The van der Waals surface area contributed by atoms with Gasteiger partial charge in [-0.15, -0.1) is 0 Å². The van der Waals surface area contributed by atoms with Crippen LogP contribution in [-0.4, -0.2) is 42.7 Å². The average Bonchev–Trinajstić information content (AvgIpc) is 2.72. The summed E-state index contributed by atoms with van der Waals surface area (Å²) in [7, 11) is 0. The highest BCUT2D eigenvalue weighted by molar-refractivity contribution is 5.70. The van der Waals surface area contributed by atoms with Gasteiger partial charge in [0.1, 0.15) is 17.5 Å². The minimum Gasteiger partial charge on any atom is -0.460 e. The number of hydrogen-bond donors (Lipinski definition) is 0. The minimum absolute atomic E-state index is 0.158. The lowest BCUT2D eigenvalue weighted by atomic mass is 10.1. The Kier molecular flexibility index (Phi) is 6.38. The van der Waals surface area contributed by atoms with Crippen LogP contribution in [0.3, 0.4) is 0 Å². The highest BCUT2D eigenvalue weighted by Crippen LogP contribution is 2.21. The summed E-state index contributed by atoms with van der Waals surface area (Å²) in [4.78, 5) is 20.9. The first-order valence-electron chi connectivity index (χ1n) is 10.0. The van der Waals surface area contributed by atoms with E-state index >= 15 is 0 Å². The second-order valence-electron chi connectivity index (χ2n) is 8.24. The van der Waals surface area contributed by atoms with Crippen LogP contribution >= 0.6 is 0 Å². The van der Waals surface area contributed by atoms with Crippen LogP contribution in [0.15, 0.2) is 42.6 Å². The number of hydrogen-bond acceptors (Lipinski definition) is 6. The van der Waals surface area contributed by atoms with E-state index < -0.39 is 5.60 Å². The minimum atomic E-state index is -0.434. The number of aryl methyl sites for hydroxylation is 1. The summed E-state index contributed by atoms with van der Waals surface area (Å²) in [5.41, 5.74) is 2.48. The van der Waals surface area contributed by atoms with Crippen molar-refractivity contribution in [3.8, 4) is 6.07 Å². The number of rotatable bonds is 5. The van der Waals surface area contributed by atoms with Gasteiger partial charge in [-0.05, 0) is 57.0 Å². The molecule has 0 spiro atoms. The summed E-state index contributed by atoms with van der Waals surface area (Å²) >= 11 is 0. The molecule has 1 aliphatic heterocycles. The fourth-order valence-electron chi connectivity index (χ4n) is 3.35. The van der Waals surface area contributed by atoms with Crippen molar-refractivity contribution in [2.75, 3.05) is 36.0 Å². The van der Waals surface area contributed by atoms with Crippen molar-refractivity contribution in [2.24, 2.45) is 0 Å². The standard InChI is InChI=1S/C23H28N4O2/c1-23(2,3)29-22(28)11-7-18-4-8-20(9-5-18)26-12-14-27(15-13-26)21-10-6-19(16-24)17-25-21/h4-6,8-10,17H,7,11-15H2,1-3H3. The summed E-state index contributed by atoms with van der Waals surface area (Å²) in [6.07, 6.45) is 2.71. The van der Waals surface area contributed by atoms with E-state index in [0.717, 1.165) is 37.6 Å². The molecular formula is C23H28N4O2. The zero-order chi connectivity index (χ0) is 20.9. The van der Waals surface area contributed by atoms with Gasteiger partial charge in [0.05, 0.1) is 5.56 Å². The van der Waals surface area contributed by atoms with Crippen molar-refractivity contribution in [2.45, 2.75) is 39.2 Å². The van der Waals surface area contributed by atoms with Crippen LogP contribution in [0.4, 0.5) is 11.5 Å². The molecule has 1 aliphatic rings. The molecule has 1 saturated heterocycles. The van der Waals surface area contributed by atoms with Crippen molar-refractivity contribution in [3.05, 3.63) is 53.7 Å². The van der Waals surface area contributed by atoms with Crippen LogP contribution in [0.2, 0.25) is 0 Å². The van der Waals surface area contributed by atoms with E-state index in [9.17, 15) is 4.79 Å². The van der Waals surface area contributed by atoms with Gasteiger partial charge in [-0.2, -0.15) is 5.26 Å². The summed E-state index contributed by atoms with van der Waals surface area (Å²) in [6.45, 7) is 9.26. The third-order valence-corrected chi connectivity index (χ3v) is 4.82. The van der Waals surface area contributed by atoms with Gasteiger partial charge in [0.2, 0.25) is 0 Å². The first kappa shape index (κ1) is 20.7. The number of carbonyl (C=O) groups excluding carboxylic acids is 1. The Morgan fingerprint density at radius 1 is 1.07 bits per heavy atom. The van der Waals surface area contributed by atoms with E-state index in [1.807, 2.05) is 32.9 Å². The lowest BCUT2D eigenvalue weighted by Gasteiger charge is -2.36. The molecule has 3 rings (SSSR count). The lowest BCUT2D eigenvalue weighted by molar-refractivity contribution is -0.154. The van der Waals surface area contributed by atoms with E-state index in [2.05, 4.69) is 45.1 Å². The van der Waals surface area contributed by atoms with Crippen molar-refractivity contribution in [1.29, 1.82) is 5.26 Å². The summed E-state index contributed by atoms with van der Waals surface area (Å²) in [5.74, 6) is 0.759. The van der Waals surface area contributed by atoms with Gasteiger partial charge in [0, 0.05) is 44.5 Å². The Morgan fingerprint density at radius 3 is 2.28 bits per heavy atom. The monoisotopic (exact) mass is 392 g/mol. The van der Waals surface area contributed by atoms with Crippen molar-refractivity contribution >= 4 is 17.5 Å². The molecule has 1 fully saturated rings. The predicted molar refractivity (Wildman–Crippen MR) is 114 cm³/mol. The Bertz CT molecular complexity index is 856. The van der Waals surface area contributed by atoms with E-state index in [4.69, 9.17) is 10.00 Å². The number of nitrogens with zero attached hydrogens (tertiary/aromatic N) is 4. The molecule has 0 aliphatic carbocycles. The molecule has 0 unspecified atom stereocenters. The normalized spacial score (nSPS) is 14.4. The van der Waals surface area contributed by atoms with E-state index in [0.29, 0.717) is 18.4 Å². The molecule has 152 valence electrons. The molecule has 0 radical (unpaired) electrons. The van der Waals surface area contributed by atoms with Crippen molar-refractivity contribution in [1.82, 2.24) is 4.98 Å². The van der Waals surface area contributed by atoms with E-state index in [-0.39, 0.29) is 5.97 Å². The number of aromatic nitrogens is 1. The third-order valence-electron chi connectivity index (χ3n) is 4.82. The maximum atomic E-state index is 11.9. The Morgan fingerprint density at radius 2 is 1.72 bits per heavy atom. The van der Waals surface area contributed by atoms with Crippen molar-refractivity contribution < 1.29 is 9.53 Å². The van der Waals surface area contributed by atoms with Crippen LogP contribution < -0.4 is 9.80 Å². The zero-order valence-electron chi connectivity index (χ0n) is 17.4. The van der Waals surface area contributed by atoms with Crippen LogP contribution in [-0.2, 0) is 16.0 Å². The average molecular weight is 393 g/mol. The summed E-state index contributed by atoms with van der Waals surface area (Å²) in [5, 5.41) is 8.89. The molecule has 0 bridgehead atoms. The highest BCUT2D eigenvalue weighted by Gasteiger charge is 2.19. The van der Waals surface area contributed by atoms with Gasteiger partial charge < -0.3 is 14.5 Å². The van der Waals surface area contributed by atoms with Gasteiger partial charge in [0.15, 0.2) is 0 Å². The van der Waals surface area contributed by atoms with Gasteiger partial charge in [-0.1, -0.05) is 12.1 Å². The third kappa shape index (κ3) is 5.95. The molecule has 1 aromatic heterocycles. The molecule has 2 heterocycles. The van der Waals surface area contributed by atoms with Crippen LogP contribution in [0, 0.1) is 11.3 Å². The molecule has 6 heteroatoms. The molecule has 0 saturated carbocycles. The summed E-state index contributed by atoms with van der Waals surface area (Å²) < 4.78 is 5.36. The summed E-state index contributed by atoms with van der Waals surface area (Å²) in [6, 6.07) is 14.3. The largest absolute Gasteiger partial charge is 0.460 e. The number of pyridine rings is 1. The molecule has 0 N–H and O–H groups in total. The molecule has 1 aromatic carbocycles. The molecule has 0 amide bonds. The number of anilines is 2. The first-order chi connectivity index (χ1) is 13.8. The smallest absolute Gasteiger partial charge is 0.306 e. The number of nitriles is 1. The Balaban J connectivity index is 1.49. The fraction of sp³-hybridized carbons (Fsp3) is 0.435. The number of benzene rings is 1. The second kappa shape index (κ2) is 8.95. The lowest BCUT2D eigenvalue weighted by Crippen LogP contribution is -2.46. The SMILES string of the molecule is CC(C)(C)OC(=O)CCc1ccc(N2CCN(c3ccc(C#N)cn3)CC2)cc1. The van der Waals surface area contributed by atoms with Crippen molar-refractivity contribution in [3.63, 3.8) is 0 Å². The zero-order valence-corrected chi connectivity index (χ0v) is 17.4. The quantitative estimate of drug-likeness (QED) is 0.725. The second-order valence-corrected chi connectivity index (χ2v) is 8.24. The highest BCUT2D eigenvalue weighted by atomic mass is 16.6. The maximum absolute atomic E-state index is 11.9. The Hall–Kier alpha value is -3.07. The maximum Gasteiger partial charge on any atom is 0.306 e. The first-order valence-corrected chi connectivity index (χ1v) is 10.0. The number of ether oxygens (including phenoxy) is 1. The molecule has 2 aromatic rings. The van der Waals surface area contributed by atoms with Gasteiger partial charge in [0.25, 0.3) is 0 Å². The van der Waals surface area contributed by atoms with Crippen LogP contribution in [0.25, 0.3) is 0 Å². The predicted octanol–water partition coefficient (Wildman–Crippen LogP) is 3.55. The molecule has 6 nitrogen and oxygen atoms in total. The fourth-order valence-corrected chi connectivity index (χ4v) is 3.35. The molecule has 29 heavy (non-hydrogen) atoms. The topological polar surface area (TPSA) is 69.5 Å². The Labute approximate surface area is 172 Å². The van der Waals surface area contributed by atoms with Crippen LogP contribution in [0.5, 0.6) is 0 Å². The number of esters is 1. The number of carbonyl (C=O) groups is 1. The molecular weight excluding hydrogens is 364 g/mol. The van der Waals surface area contributed by atoms with Crippen LogP contribution in [0.1, 0.15) is 38.3 Å². The van der Waals surface area contributed by atoms with Gasteiger partial charge >= 0.3 is 5.97 Å². The molecule has 0 atom stereocenters. The van der Waals surface area contributed by atoms with Gasteiger partial charge in [-0.3, -0.25) is 4.79 Å².